The Labute approximate surface area is 123 Å². The van der Waals surface area contributed by atoms with Gasteiger partial charge in [0.05, 0.1) is 6.10 Å². The Balaban J connectivity index is 1.59. The van der Waals surface area contributed by atoms with Gasteiger partial charge in [-0.3, -0.25) is 0 Å². The molecule has 3 atom stereocenters. The van der Waals surface area contributed by atoms with Gasteiger partial charge < -0.3 is 9.84 Å². The third-order valence-corrected chi connectivity index (χ3v) is 4.80. The van der Waals surface area contributed by atoms with Crippen molar-refractivity contribution in [3.05, 3.63) is 66.2 Å². The zero-order chi connectivity index (χ0) is 13.8. The van der Waals surface area contributed by atoms with E-state index in [9.17, 15) is 5.11 Å². The van der Waals surface area contributed by atoms with E-state index >= 15 is 0 Å². The molecule has 20 heavy (non-hydrogen) atoms. The number of hydrogen-bond acceptors (Lipinski definition) is 3. The first-order valence-electron chi connectivity index (χ1n) is 6.89. The molecular formula is C17H18O2S. The van der Waals surface area contributed by atoms with E-state index in [2.05, 4.69) is 24.3 Å². The molecule has 3 rings (SSSR count). The van der Waals surface area contributed by atoms with E-state index in [1.807, 2.05) is 36.4 Å². The molecule has 2 aromatic rings. The number of aliphatic hydroxyl groups excluding tert-OH is 1. The standard InChI is InChI=1S/C17H18O2S/c18-17-14(12-20-15-9-5-2-6-10-15)11-16(19-17)13-7-3-1-4-8-13/h1-10,14,16-18H,11-12H2. The lowest BCUT2D eigenvalue weighted by Crippen LogP contribution is -2.16. The highest BCUT2D eigenvalue weighted by atomic mass is 32.2. The topological polar surface area (TPSA) is 29.5 Å². The lowest BCUT2D eigenvalue weighted by Gasteiger charge is -2.11. The third kappa shape index (κ3) is 3.23. The Morgan fingerprint density at radius 1 is 1.00 bits per heavy atom. The fraction of sp³-hybridized carbons (Fsp3) is 0.294. The number of benzene rings is 2. The highest BCUT2D eigenvalue weighted by Crippen LogP contribution is 2.38. The van der Waals surface area contributed by atoms with Crippen LogP contribution in [0.1, 0.15) is 18.1 Å². The summed E-state index contributed by atoms with van der Waals surface area (Å²) in [5.41, 5.74) is 1.15. The molecule has 1 aliphatic rings. The zero-order valence-corrected chi connectivity index (χ0v) is 12.0. The fourth-order valence-corrected chi connectivity index (χ4v) is 3.54. The molecule has 0 radical (unpaired) electrons. The number of aliphatic hydroxyl groups is 1. The first-order chi connectivity index (χ1) is 9.83. The Morgan fingerprint density at radius 2 is 1.65 bits per heavy atom. The molecule has 2 nitrogen and oxygen atoms in total. The molecule has 0 spiro atoms. The monoisotopic (exact) mass is 286 g/mol. The Bertz CT molecular complexity index is 529. The molecule has 1 fully saturated rings. The van der Waals surface area contributed by atoms with Gasteiger partial charge in [0.2, 0.25) is 0 Å². The summed E-state index contributed by atoms with van der Waals surface area (Å²) in [5.74, 6) is 1.07. The molecule has 104 valence electrons. The third-order valence-electron chi connectivity index (χ3n) is 3.60. The average molecular weight is 286 g/mol. The quantitative estimate of drug-likeness (QED) is 0.865. The Morgan fingerprint density at radius 3 is 2.35 bits per heavy atom. The van der Waals surface area contributed by atoms with Crippen LogP contribution < -0.4 is 0 Å². The summed E-state index contributed by atoms with van der Waals surface area (Å²) in [6, 6.07) is 20.4. The summed E-state index contributed by atoms with van der Waals surface area (Å²) < 4.78 is 5.69. The minimum atomic E-state index is -0.656. The lowest BCUT2D eigenvalue weighted by atomic mass is 10.0. The van der Waals surface area contributed by atoms with Gasteiger partial charge in [0.25, 0.3) is 0 Å². The van der Waals surface area contributed by atoms with E-state index in [0.717, 1.165) is 17.7 Å². The number of rotatable bonds is 4. The van der Waals surface area contributed by atoms with Crippen LogP contribution in [0, 0.1) is 5.92 Å². The molecule has 1 aliphatic heterocycles. The smallest absolute Gasteiger partial charge is 0.159 e. The van der Waals surface area contributed by atoms with Crippen LogP contribution in [0.5, 0.6) is 0 Å². The second-order valence-corrected chi connectivity index (χ2v) is 6.14. The van der Waals surface area contributed by atoms with Crippen molar-refractivity contribution in [2.75, 3.05) is 5.75 Å². The molecule has 0 aliphatic carbocycles. The number of hydrogen-bond donors (Lipinski definition) is 1. The van der Waals surface area contributed by atoms with Gasteiger partial charge in [-0.2, -0.15) is 0 Å². The van der Waals surface area contributed by atoms with Crippen molar-refractivity contribution in [1.82, 2.24) is 0 Å². The molecule has 0 saturated carbocycles. The van der Waals surface area contributed by atoms with Crippen LogP contribution in [0.15, 0.2) is 65.6 Å². The van der Waals surface area contributed by atoms with E-state index in [1.165, 1.54) is 4.90 Å². The van der Waals surface area contributed by atoms with Crippen molar-refractivity contribution in [3.63, 3.8) is 0 Å². The fourth-order valence-electron chi connectivity index (χ4n) is 2.48. The van der Waals surface area contributed by atoms with Gasteiger partial charge in [0, 0.05) is 16.6 Å². The van der Waals surface area contributed by atoms with Gasteiger partial charge in [0.1, 0.15) is 0 Å². The zero-order valence-electron chi connectivity index (χ0n) is 11.2. The Kier molecular flexibility index (Phi) is 4.41. The first-order valence-corrected chi connectivity index (χ1v) is 7.88. The van der Waals surface area contributed by atoms with Crippen molar-refractivity contribution in [2.45, 2.75) is 23.7 Å². The van der Waals surface area contributed by atoms with Crippen LogP contribution in [0.25, 0.3) is 0 Å². The molecule has 0 amide bonds. The highest BCUT2D eigenvalue weighted by molar-refractivity contribution is 7.99. The second-order valence-electron chi connectivity index (χ2n) is 5.05. The summed E-state index contributed by atoms with van der Waals surface area (Å²) in [5, 5.41) is 10.1. The van der Waals surface area contributed by atoms with Gasteiger partial charge in [-0.1, -0.05) is 48.5 Å². The van der Waals surface area contributed by atoms with Crippen LogP contribution in [0.2, 0.25) is 0 Å². The van der Waals surface area contributed by atoms with Gasteiger partial charge >= 0.3 is 0 Å². The maximum Gasteiger partial charge on any atom is 0.159 e. The van der Waals surface area contributed by atoms with E-state index in [4.69, 9.17) is 4.74 Å². The second kappa shape index (κ2) is 6.44. The van der Waals surface area contributed by atoms with Crippen molar-refractivity contribution < 1.29 is 9.84 Å². The van der Waals surface area contributed by atoms with Crippen LogP contribution in [-0.4, -0.2) is 17.1 Å². The molecular weight excluding hydrogens is 268 g/mol. The maximum absolute atomic E-state index is 10.1. The van der Waals surface area contributed by atoms with Crippen molar-refractivity contribution in [2.24, 2.45) is 5.92 Å². The molecule has 1 N–H and O–H groups in total. The summed E-state index contributed by atoms with van der Waals surface area (Å²) >= 11 is 1.78. The predicted octanol–water partition coefficient (Wildman–Crippen LogP) is 3.87. The van der Waals surface area contributed by atoms with Crippen molar-refractivity contribution >= 4 is 11.8 Å². The normalized spacial score (nSPS) is 25.8. The number of ether oxygens (including phenoxy) is 1. The Hall–Kier alpha value is -1.29. The molecule has 1 saturated heterocycles. The molecule has 3 heteroatoms. The minimum Gasteiger partial charge on any atom is -0.368 e. The molecule has 0 bridgehead atoms. The van der Waals surface area contributed by atoms with Crippen LogP contribution in [0.3, 0.4) is 0 Å². The van der Waals surface area contributed by atoms with E-state index in [1.54, 1.807) is 11.8 Å². The lowest BCUT2D eigenvalue weighted by molar-refractivity contribution is -0.105. The van der Waals surface area contributed by atoms with E-state index in [0.29, 0.717) is 0 Å². The predicted molar refractivity (Wildman–Crippen MR) is 81.5 cm³/mol. The van der Waals surface area contributed by atoms with Crippen LogP contribution in [-0.2, 0) is 4.74 Å². The minimum absolute atomic E-state index is 0.0209. The van der Waals surface area contributed by atoms with Gasteiger partial charge in [-0.15, -0.1) is 11.8 Å². The van der Waals surface area contributed by atoms with E-state index < -0.39 is 6.29 Å². The molecule has 0 aromatic heterocycles. The molecule has 2 aromatic carbocycles. The van der Waals surface area contributed by atoms with E-state index in [-0.39, 0.29) is 12.0 Å². The maximum atomic E-state index is 10.1. The van der Waals surface area contributed by atoms with Crippen molar-refractivity contribution in [3.8, 4) is 0 Å². The number of thioether (sulfide) groups is 1. The first kappa shape index (κ1) is 13.7. The molecule has 1 heterocycles. The van der Waals surface area contributed by atoms with Gasteiger partial charge in [-0.05, 0) is 24.1 Å². The van der Waals surface area contributed by atoms with Gasteiger partial charge in [0.15, 0.2) is 6.29 Å². The van der Waals surface area contributed by atoms with Gasteiger partial charge in [-0.25, -0.2) is 0 Å². The average Bonchev–Trinajstić information content (AvgIpc) is 2.88. The highest BCUT2D eigenvalue weighted by Gasteiger charge is 2.34. The molecule has 3 unspecified atom stereocenters. The van der Waals surface area contributed by atoms with Crippen LogP contribution in [0.4, 0.5) is 0 Å². The summed E-state index contributed by atoms with van der Waals surface area (Å²) in [4.78, 5) is 1.24. The summed E-state index contributed by atoms with van der Waals surface area (Å²) in [7, 11) is 0. The van der Waals surface area contributed by atoms with Crippen molar-refractivity contribution in [1.29, 1.82) is 0 Å². The summed E-state index contributed by atoms with van der Waals surface area (Å²) in [6.45, 7) is 0. The van der Waals surface area contributed by atoms with Crippen LogP contribution >= 0.6 is 11.8 Å². The largest absolute Gasteiger partial charge is 0.368 e. The summed E-state index contributed by atoms with van der Waals surface area (Å²) in [6.07, 6.45) is 0.245. The SMILES string of the molecule is OC1OC(c2ccccc2)CC1CSc1ccccc1.